The number of nitrogens with two attached hydrogens (primary N) is 1. The van der Waals surface area contributed by atoms with Crippen LogP contribution in [0.1, 0.15) is 26.2 Å². The van der Waals surface area contributed by atoms with Gasteiger partial charge in [-0.25, -0.2) is 0 Å². The van der Waals surface area contributed by atoms with Crippen LogP contribution < -0.4 is 11.1 Å². The minimum atomic E-state index is -0.504. The molecule has 3 atom stereocenters. The minimum absolute atomic E-state index is 0.220. The molecule has 2 saturated heterocycles. The van der Waals surface area contributed by atoms with Crippen LogP contribution in [-0.4, -0.2) is 41.7 Å². The third-order valence-electron chi connectivity index (χ3n) is 3.41. The zero-order valence-electron chi connectivity index (χ0n) is 9.70. The highest BCUT2D eigenvalue weighted by molar-refractivity contribution is 8.00. The highest BCUT2D eigenvalue weighted by atomic mass is 32.2. The van der Waals surface area contributed by atoms with Gasteiger partial charge >= 0.3 is 0 Å². The molecule has 0 aromatic heterocycles. The summed E-state index contributed by atoms with van der Waals surface area (Å²) in [7, 11) is 0. The highest BCUT2D eigenvalue weighted by Crippen LogP contribution is 2.34. The van der Waals surface area contributed by atoms with Gasteiger partial charge in [0.05, 0.1) is 6.10 Å². The molecule has 0 aromatic rings. The second-order valence-electron chi connectivity index (χ2n) is 4.79. The summed E-state index contributed by atoms with van der Waals surface area (Å²) in [4.78, 5) is 11.6. The van der Waals surface area contributed by atoms with E-state index < -0.39 is 5.54 Å². The van der Waals surface area contributed by atoms with Gasteiger partial charge in [-0.05, 0) is 19.3 Å². The van der Waals surface area contributed by atoms with Crippen molar-refractivity contribution in [2.45, 2.75) is 43.1 Å². The third kappa shape index (κ3) is 2.52. The molecule has 16 heavy (non-hydrogen) atoms. The van der Waals surface area contributed by atoms with E-state index in [9.17, 15) is 4.79 Å². The van der Waals surface area contributed by atoms with E-state index in [2.05, 4.69) is 12.2 Å². The third-order valence-corrected chi connectivity index (χ3v) is 4.81. The predicted octanol–water partition coefficient (Wildman–Crippen LogP) is 0.505. The monoisotopic (exact) mass is 244 g/mol. The van der Waals surface area contributed by atoms with Crippen LogP contribution in [0.15, 0.2) is 0 Å². The number of thioether (sulfide) groups is 1. The first-order valence-corrected chi connectivity index (χ1v) is 6.95. The van der Waals surface area contributed by atoms with E-state index in [0.717, 1.165) is 38.2 Å². The van der Waals surface area contributed by atoms with Gasteiger partial charge in [0, 0.05) is 24.2 Å². The van der Waals surface area contributed by atoms with Crippen molar-refractivity contribution in [1.82, 2.24) is 5.32 Å². The van der Waals surface area contributed by atoms with Gasteiger partial charge in [0.25, 0.3) is 0 Å². The van der Waals surface area contributed by atoms with Crippen molar-refractivity contribution in [3.63, 3.8) is 0 Å². The smallest absolute Gasteiger partial charge is 0.238 e. The fourth-order valence-electron chi connectivity index (χ4n) is 2.39. The number of hydrogen-bond donors (Lipinski definition) is 2. The van der Waals surface area contributed by atoms with Gasteiger partial charge in [-0.1, -0.05) is 6.92 Å². The highest BCUT2D eigenvalue weighted by Gasteiger charge is 2.43. The van der Waals surface area contributed by atoms with E-state index in [4.69, 9.17) is 10.5 Å². The van der Waals surface area contributed by atoms with Gasteiger partial charge in [0.15, 0.2) is 0 Å². The molecule has 0 aromatic carbocycles. The largest absolute Gasteiger partial charge is 0.377 e. The van der Waals surface area contributed by atoms with Crippen molar-refractivity contribution < 1.29 is 9.53 Å². The van der Waals surface area contributed by atoms with Crippen LogP contribution in [0.5, 0.6) is 0 Å². The summed E-state index contributed by atoms with van der Waals surface area (Å²) in [6, 6.07) is 0. The van der Waals surface area contributed by atoms with E-state index >= 15 is 0 Å². The number of primary amides is 1. The molecule has 2 aliphatic rings. The summed E-state index contributed by atoms with van der Waals surface area (Å²) >= 11 is 1.81. The van der Waals surface area contributed by atoms with Crippen molar-refractivity contribution in [2.75, 3.05) is 18.9 Å². The molecular weight excluding hydrogens is 224 g/mol. The molecule has 92 valence electrons. The Balaban J connectivity index is 1.90. The predicted molar refractivity (Wildman–Crippen MR) is 65.4 cm³/mol. The van der Waals surface area contributed by atoms with E-state index in [1.165, 1.54) is 0 Å². The quantitative estimate of drug-likeness (QED) is 0.756. The summed E-state index contributed by atoms with van der Waals surface area (Å²) < 4.78 is 5.54. The molecule has 1 amide bonds. The molecule has 0 spiro atoms. The van der Waals surface area contributed by atoms with Crippen LogP contribution in [0.4, 0.5) is 0 Å². The van der Waals surface area contributed by atoms with Crippen LogP contribution in [0, 0.1) is 0 Å². The van der Waals surface area contributed by atoms with Crippen molar-refractivity contribution in [3.8, 4) is 0 Å². The molecule has 0 aliphatic carbocycles. The average Bonchev–Trinajstić information content (AvgIpc) is 2.84. The van der Waals surface area contributed by atoms with Crippen LogP contribution in [0.25, 0.3) is 0 Å². The van der Waals surface area contributed by atoms with Gasteiger partial charge in [-0.2, -0.15) is 11.8 Å². The lowest BCUT2D eigenvalue weighted by Crippen LogP contribution is -2.57. The van der Waals surface area contributed by atoms with Crippen molar-refractivity contribution in [2.24, 2.45) is 5.73 Å². The maximum absolute atomic E-state index is 11.6. The standard InChI is InChI=1S/C11H20N2O2S/c1-8-5-11(7-16-8,10(12)14)13-6-9-3-2-4-15-9/h8-9,13H,2-7H2,1H3,(H2,12,14). The van der Waals surface area contributed by atoms with E-state index in [-0.39, 0.29) is 12.0 Å². The molecule has 0 bridgehead atoms. The Kier molecular flexibility index (Phi) is 3.77. The van der Waals surface area contributed by atoms with Crippen molar-refractivity contribution >= 4 is 17.7 Å². The summed E-state index contributed by atoms with van der Waals surface area (Å²) in [5.41, 5.74) is 5.02. The first-order valence-electron chi connectivity index (χ1n) is 5.90. The van der Waals surface area contributed by atoms with Gasteiger partial charge in [0.1, 0.15) is 5.54 Å². The molecule has 5 heteroatoms. The molecular formula is C11H20N2O2S. The first kappa shape index (κ1) is 12.2. The lowest BCUT2D eigenvalue weighted by Gasteiger charge is -2.27. The maximum Gasteiger partial charge on any atom is 0.238 e. The molecule has 3 unspecified atom stereocenters. The van der Waals surface area contributed by atoms with E-state index in [1.807, 2.05) is 11.8 Å². The Hall–Kier alpha value is -0.260. The summed E-state index contributed by atoms with van der Waals surface area (Å²) in [5, 5.41) is 3.85. The lowest BCUT2D eigenvalue weighted by atomic mass is 9.95. The van der Waals surface area contributed by atoms with Gasteiger partial charge in [-0.15, -0.1) is 0 Å². The molecule has 2 heterocycles. The maximum atomic E-state index is 11.6. The molecule has 0 saturated carbocycles. The van der Waals surface area contributed by atoms with Gasteiger partial charge in [-0.3, -0.25) is 4.79 Å². The van der Waals surface area contributed by atoms with Gasteiger partial charge < -0.3 is 15.8 Å². The SMILES string of the molecule is CC1CC(NCC2CCCO2)(C(N)=O)CS1. The Labute approximate surface area is 101 Å². The average molecular weight is 244 g/mol. The Morgan fingerprint density at radius 3 is 3.00 bits per heavy atom. The number of amides is 1. The Morgan fingerprint density at radius 2 is 2.50 bits per heavy atom. The van der Waals surface area contributed by atoms with E-state index in [0.29, 0.717) is 5.25 Å². The Morgan fingerprint density at radius 1 is 1.69 bits per heavy atom. The van der Waals surface area contributed by atoms with E-state index in [1.54, 1.807) is 0 Å². The lowest BCUT2D eigenvalue weighted by molar-refractivity contribution is -0.123. The normalized spacial score (nSPS) is 39.1. The fourth-order valence-corrected chi connectivity index (χ4v) is 3.72. The topological polar surface area (TPSA) is 64.3 Å². The summed E-state index contributed by atoms with van der Waals surface area (Å²) in [6.45, 7) is 3.74. The number of carbonyl (C=O) groups excluding carboxylic acids is 1. The number of hydrogen-bond acceptors (Lipinski definition) is 4. The van der Waals surface area contributed by atoms with Crippen LogP contribution in [0.2, 0.25) is 0 Å². The van der Waals surface area contributed by atoms with Crippen molar-refractivity contribution in [1.29, 1.82) is 0 Å². The number of carbonyl (C=O) groups is 1. The zero-order valence-corrected chi connectivity index (χ0v) is 10.5. The molecule has 0 radical (unpaired) electrons. The minimum Gasteiger partial charge on any atom is -0.377 e. The molecule has 4 nitrogen and oxygen atoms in total. The molecule has 2 fully saturated rings. The zero-order chi connectivity index (χ0) is 11.6. The molecule has 2 rings (SSSR count). The van der Waals surface area contributed by atoms with Crippen LogP contribution in [0.3, 0.4) is 0 Å². The number of nitrogens with one attached hydrogen (secondary N) is 1. The first-order chi connectivity index (χ1) is 7.62. The Bertz CT molecular complexity index is 269. The summed E-state index contributed by atoms with van der Waals surface area (Å²) in [5.74, 6) is 0.568. The molecule has 2 aliphatic heterocycles. The number of ether oxygens (including phenoxy) is 1. The number of rotatable bonds is 4. The second kappa shape index (κ2) is 4.94. The summed E-state index contributed by atoms with van der Waals surface area (Å²) in [6.07, 6.45) is 3.31. The fraction of sp³-hybridized carbons (Fsp3) is 0.909. The van der Waals surface area contributed by atoms with Crippen LogP contribution >= 0.6 is 11.8 Å². The van der Waals surface area contributed by atoms with Gasteiger partial charge in [0.2, 0.25) is 5.91 Å². The second-order valence-corrected chi connectivity index (χ2v) is 6.21. The van der Waals surface area contributed by atoms with Crippen LogP contribution in [-0.2, 0) is 9.53 Å². The molecule has 3 N–H and O–H groups in total. The van der Waals surface area contributed by atoms with Crippen molar-refractivity contribution in [3.05, 3.63) is 0 Å².